The van der Waals surface area contributed by atoms with E-state index in [1.807, 2.05) is 0 Å². The van der Waals surface area contributed by atoms with Crippen LogP contribution in [-0.2, 0) is 9.59 Å². The summed E-state index contributed by atoms with van der Waals surface area (Å²) in [7, 11) is 0. The van der Waals surface area contributed by atoms with Crippen LogP contribution in [0.25, 0.3) is 0 Å². The number of carbonyl (C=O) groups excluding carboxylic acids is 2. The van der Waals surface area contributed by atoms with Gasteiger partial charge in [0.25, 0.3) is 0 Å². The average Bonchev–Trinajstić information content (AvgIpc) is 2.91. The van der Waals surface area contributed by atoms with Crippen molar-refractivity contribution >= 4 is 22.8 Å². The Morgan fingerprint density at radius 3 is 2.41 bits per heavy atom. The van der Waals surface area contributed by atoms with Gasteiger partial charge in [-0.15, -0.1) is 0 Å². The topological polar surface area (TPSA) is 46.2 Å². The van der Waals surface area contributed by atoms with Crippen molar-refractivity contribution < 1.29 is 9.59 Å². The lowest BCUT2D eigenvalue weighted by Gasteiger charge is -2.59. The first kappa shape index (κ1) is 19.8. The van der Waals surface area contributed by atoms with Gasteiger partial charge in [-0.1, -0.05) is 25.6 Å². The molecule has 3 nitrogen and oxygen atoms in total. The standard InChI is InChI=1S/C23H37NO2S/c1-21(2,3)24-20(26)17-8-7-15-14-6-9-18-23(5,13-11-19(25)27-18)16(14)10-12-22(15,17)4/h14-18H,6-13H2,1-5H3,(H,24,26)/t14-,15-,16-,17+,18+,22-,23+/m0/s1. The Kier molecular flexibility index (Phi) is 4.77. The van der Waals surface area contributed by atoms with Crippen LogP contribution in [0, 0.1) is 34.5 Å². The van der Waals surface area contributed by atoms with Gasteiger partial charge in [0, 0.05) is 23.1 Å². The molecule has 1 aliphatic heterocycles. The van der Waals surface area contributed by atoms with Gasteiger partial charge in [0.1, 0.15) is 0 Å². The van der Waals surface area contributed by atoms with Crippen molar-refractivity contribution in [1.29, 1.82) is 0 Å². The van der Waals surface area contributed by atoms with Crippen molar-refractivity contribution in [1.82, 2.24) is 5.32 Å². The van der Waals surface area contributed by atoms with Crippen LogP contribution in [0.15, 0.2) is 0 Å². The molecule has 27 heavy (non-hydrogen) atoms. The maximum Gasteiger partial charge on any atom is 0.224 e. The molecule has 1 saturated heterocycles. The molecule has 152 valence electrons. The highest BCUT2D eigenvalue weighted by Crippen LogP contribution is 2.67. The summed E-state index contributed by atoms with van der Waals surface area (Å²) in [6, 6.07) is 0. The fourth-order valence-corrected chi connectivity index (χ4v) is 8.79. The molecule has 0 bridgehead atoms. The highest BCUT2D eigenvalue weighted by atomic mass is 32.2. The zero-order valence-corrected chi connectivity index (χ0v) is 18.6. The monoisotopic (exact) mass is 391 g/mol. The second-order valence-electron chi connectivity index (χ2n) is 11.4. The van der Waals surface area contributed by atoms with Crippen LogP contribution >= 0.6 is 11.8 Å². The largest absolute Gasteiger partial charge is 0.351 e. The van der Waals surface area contributed by atoms with Gasteiger partial charge in [-0.2, -0.15) is 0 Å². The van der Waals surface area contributed by atoms with Crippen LogP contribution in [0.1, 0.15) is 86.0 Å². The Morgan fingerprint density at radius 2 is 1.70 bits per heavy atom. The lowest BCUT2D eigenvalue weighted by molar-refractivity contribution is -0.134. The summed E-state index contributed by atoms with van der Waals surface area (Å²) >= 11 is 1.66. The fourth-order valence-electron chi connectivity index (χ4n) is 7.44. The minimum absolute atomic E-state index is 0.153. The summed E-state index contributed by atoms with van der Waals surface area (Å²) in [6.45, 7) is 11.2. The predicted molar refractivity (Wildman–Crippen MR) is 111 cm³/mol. The molecule has 1 heterocycles. The van der Waals surface area contributed by atoms with Gasteiger partial charge in [0.05, 0.1) is 0 Å². The van der Waals surface area contributed by atoms with E-state index in [4.69, 9.17) is 0 Å². The van der Waals surface area contributed by atoms with Crippen LogP contribution in [-0.4, -0.2) is 21.8 Å². The van der Waals surface area contributed by atoms with Gasteiger partial charge in [-0.05, 0) is 94.3 Å². The zero-order chi connectivity index (χ0) is 19.6. The summed E-state index contributed by atoms with van der Waals surface area (Å²) in [6.07, 6.45) is 9.01. The number of hydrogen-bond donors (Lipinski definition) is 1. The normalized spacial score (nSPS) is 47.0. The molecule has 0 unspecified atom stereocenters. The van der Waals surface area contributed by atoms with E-state index < -0.39 is 0 Å². The summed E-state index contributed by atoms with van der Waals surface area (Å²) < 4.78 is 0. The molecular weight excluding hydrogens is 354 g/mol. The second-order valence-corrected chi connectivity index (χ2v) is 12.6. The molecule has 0 aromatic carbocycles. The fraction of sp³-hybridized carbons (Fsp3) is 0.913. The summed E-state index contributed by atoms with van der Waals surface area (Å²) in [5.74, 6) is 2.65. The van der Waals surface area contributed by atoms with Crippen molar-refractivity contribution in [2.75, 3.05) is 0 Å². The van der Waals surface area contributed by atoms with Crippen molar-refractivity contribution in [3.8, 4) is 0 Å². The molecule has 4 heteroatoms. The van der Waals surface area contributed by atoms with Crippen molar-refractivity contribution in [3.05, 3.63) is 0 Å². The predicted octanol–water partition coefficient (Wildman–Crippen LogP) is 5.18. The molecule has 4 aliphatic rings. The van der Waals surface area contributed by atoms with Crippen molar-refractivity contribution in [2.45, 2.75) is 96.8 Å². The summed E-state index contributed by atoms with van der Waals surface area (Å²) in [5, 5.41) is 4.22. The highest BCUT2D eigenvalue weighted by Gasteiger charge is 2.61. The Labute approximate surface area is 169 Å². The smallest absolute Gasteiger partial charge is 0.224 e. The first-order valence-corrected chi connectivity index (χ1v) is 11.9. The first-order valence-electron chi connectivity index (χ1n) is 11.1. The Bertz CT molecular complexity index is 641. The molecule has 3 aliphatic carbocycles. The van der Waals surface area contributed by atoms with E-state index in [0.29, 0.717) is 21.7 Å². The SMILES string of the molecule is CC(C)(C)NC(=O)[C@H]1CC[C@H]2[C@@H]3CC[C@H]4SC(=O)CC[C@]4(C)[C@H]3CC[C@]12C. The third-order valence-corrected chi connectivity index (χ3v) is 10.3. The van der Waals surface area contributed by atoms with Crippen LogP contribution in [0.2, 0.25) is 0 Å². The Morgan fingerprint density at radius 1 is 1.00 bits per heavy atom. The maximum absolute atomic E-state index is 13.1. The molecule has 3 saturated carbocycles. The Balaban J connectivity index is 1.55. The lowest BCUT2D eigenvalue weighted by Crippen LogP contribution is -2.55. The van der Waals surface area contributed by atoms with Crippen LogP contribution < -0.4 is 5.32 Å². The average molecular weight is 392 g/mol. The number of amides is 1. The number of rotatable bonds is 1. The van der Waals surface area contributed by atoms with Crippen molar-refractivity contribution in [2.24, 2.45) is 34.5 Å². The molecule has 4 rings (SSSR count). The summed E-state index contributed by atoms with van der Waals surface area (Å²) in [4.78, 5) is 25.1. The van der Waals surface area contributed by atoms with Crippen LogP contribution in [0.3, 0.4) is 0 Å². The number of fused-ring (bicyclic) bond motifs is 5. The third-order valence-electron chi connectivity index (χ3n) is 8.74. The first-order chi connectivity index (χ1) is 12.5. The van der Waals surface area contributed by atoms with Gasteiger partial charge in [0.15, 0.2) is 5.12 Å². The van der Waals surface area contributed by atoms with Gasteiger partial charge >= 0.3 is 0 Å². The van der Waals surface area contributed by atoms with E-state index in [0.717, 1.165) is 31.1 Å². The minimum Gasteiger partial charge on any atom is -0.351 e. The second kappa shape index (κ2) is 6.50. The molecule has 7 atom stereocenters. The number of nitrogens with one attached hydrogen (secondary N) is 1. The van der Waals surface area contributed by atoms with E-state index >= 15 is 0 Å². The molecule has 4 fully saturated rings. The minimum atomic E-state index is -0.153. The molecule has 1 N–H and O–H groups in total. The zero-order valence-electron chi connectivity index (χ0n) is 17.8. The molecule has 0 aromatic heterocycles. The third kappa shape index (κ3) is 3.18. The molecular formula is C23H37NO2S. The Hall–Kier alpha value is -0.510. The van der Waals surface area contributed by atoms with Gasteiger partial charge in [0.2, 0.25) is 5.91 Å². The van der Waals surface area contributed by atoms with Crippen LogP contribution in [0.4, 0.5) is 0 Å². The number of carbonyl (C=O) groups is 2. The quantitative estimate of drug-likeness (QED) is 0.670. The van der Waals surface area contributed by atoms with E-state index in [-0.39, 0.29) is 22.8 Å². The van der Waals surface area contributed by atoms with Crippen molar-refractivity contribution in [3.63, 3.8) is 0 Å². The molecule has 1 amide bonds. The molecule has 0 spiro atoms. The number of hydrogen-bond acceptors (Lipinski definition) is 3. The highest BCUT2D eigenvalue weighted by molar-refractivity contribution is 8.14. The van der Waals surface area contributed by atoms with Gasteiger partial charge in [-0.25, -0.2) is 0 Å². The van der Waals surface area contributed by atoms with Crippen LogP contribution in [0.5, 0.6) is 0 Å². The van der Waals surface area contributed by atoms with Gasteiger partial charge < -0.3 is 5.32 Å². The molecule has 0 aromatic rings. The number of thioether (sulfide) groups is 1. The maximum atomic E-state index is 13.1. The van der Waals surface area contributed by atoms with E-state index in [1.165, 1.54) is 32.1 Å². The summed E-state index contributed by atoms with van der Waals surface area (Å²) in [5.41, 5.74) is 0.339. The van der Waals surface area contributed by atoms with Gasteiger partial charge in [-0.3, -0.25) is 9.59 Å². The van der Waals surface area contributed by atoms with E-state index in [9.17, 15) is 9.59 Å². The lowest BCUT2D eigenvalue weighted by atomic mass is 9.48. The van der Waals surface area contributed by atoms with E-state index in [2.05, 4.69) is 39.9 Å². The molecule has 0 radical (unpaired) electrons. The van der Waals surface area contributed by atoms with E-state index in [1.54, 1.807) is 11.8 Å².